The first-order valence-electron chi connectivity index (χ1n) is 5.95. The highest BCUT2D eigenvalue weighted by Crippen LogP contribution is 2.10. The second kappa shape index (κ2) is 7.59. The summed E-state index contributed by atoms with van der Waals surface area (Å²) in [6.07, 6.45) is 1.26. The van der Waals surface area contributed by atoms with Crippen LogP contribution in [0.25, 0.3) is 0 Å². The van der Waals surface area contributed by atoms with Crippen LogP contribution in [0, 0.1) is 11.3 Å². The monoisotopic (exact) mass is 273 g/mol. The zero-order chi connectivity index (χ0) is 15.0. The standard InChI is InChI=1S/C14H15N3O3/c1-3-16-13(18)10-4-6-12(7-5-10)17-9-11(8-15)14(19)20-2/h4-7,9,17H,3H2,1-2H3,(H,16,18)/b11-9+. The molecule has 0 saturated carbocycles. The molecule has 1 amide bonds. The molecule has 0 heterocycles. The lowest BCUT2D eigenvalue weighted by Gasteiger charge is -2.04. The van der Waals surface area contributed by atoms with Crippen molar-refractivity contribution in [3.8, 4) is 6.07 Å². The first kappa shape index (κ1) is 15.2. The first-order valence-corrected chi connectivity index (χ1v) is 5.95. The Morgan fingerprint density at radius 3 is 2.50 bits per heavy atom. The van der Waals surface area contributed by atoms with Crippen molar-refractivity contribution in [2.75, 3.05) is 19.0 Å². The summed E-state index contributed by atoms with van der Waals surface area (Å²) in [5.41, 5.74) is 1.05. The van der Waals surface area contributed by atoms with E-state index in [1.807, 2.05) is 6.92 Å². The smallest absolute Gasteiger partial charge is 0.350 e. The van der Waals surface area contributed by atoms with Crippen molar-refractivity contribution in [1.29, 1.82) is 5.26 Å². The number of anilines is 1. The summed E-state index contributed by atoms with van der Waals surface area (Å²) < 4.78 is 4.45. The van der Waals surface area contributed by atoms with Gasteiger partial charge in [-0.05, 0) is 31.2 Å². The molecule has 0 aliphatic heterocycles. The Bertz CT molecular complexity index is 556. The van der Waals surface area contributed by atoms with E-state index in [2.05, 4.69) is 15.4 Å². The second-order valence-corrected chi connectivity index (χ2v) is 3.74. The number of benzene rings is 1. The summed E-state index contributed by atoms with van der Waals surface area (Å²) in [5.74, 6) is -0.860. The molecule has 104 valence electrons. The molecule has 0 spiro atoms. The highest BCUT2D eigenvalue weighted by atomic mass is 16.5. The minimum atomic E-state index is -0.709. The van der Waals surface area contributed by atoms with E-state index in [9.17, 15) is 9.59 Å². The quantitative estimate of drug-likeness (QED) is 0.481. The molecule has 6 heteroatoms. The maximum Gasteiger partial charge on any atom is 0.350 e. The highest BCUT2D eigenvalue weighted by Gasteiger charge is 2.08. The largest absolute Gasteiger partial charge is 0.465 e. The van der Waals surface area contributed by atoms with Gasteiger partial charge in [0.25, 0.3) is 5.91 Å². The Balaban J connectivity index is 2.76. The van der Waals surface area contributed by atoms with Crippen molar-refractivity contribution < 1.29 is 14.3 Å². The van der Waals surface area contributed by atoms with Crippen molar-refractivity contribution >= 4 is 17.6 Å². The van der Waals surface area contributed by atoms with Crippen LogP contribution in [0.1, 0.15) is 17.3 Å². The van der Waals surface area contributed by atoms with Crippen molar-refractivity contribution in [3.63, 3.8) is 0 Å². The number of nitrogens with one attached hydrogen (secondary N) is 2. The van der Waals surface area contributed by atoms with Gasteiger partial charge in [-0.2, -0.15) is 5.26 Å². The predicted octanol–water partition coefficient (Wildman–Crippen LogP) is 1.43. The number of carbonyl (C=O) groups excluding carboxylic acids is 2. The molecule has 6 nitrogen and oxygen atoms in total. The van der Waals surface area contributed by atoms with Gasteiger partial charge < -0.3 is 15.4 Å². The molecule has 0 bridgehead atoms. The number of hydrogen-bond donors (Lipinski definition) is 2. The molecule has 0 aliphatic carbocycles. The van der Waals surface area contributed by atoms with Gasteiger partial charge in [-0.15, -0.1) is 0 Å². The minimum absolute atomic E-state index is 0.139. The number of nitriles is 1. The number of hydrogen-bond acceptors (Lipinski definition) is 5. The van der Waals surface area contributed by atoms with E-state index >= 15 is 0 Å². The van der Waals surface area contributed by atoms with E-state index < -0.39 is 5.97 Å². The van der Waals surface area contributed by atoms with Gasteiger partial charge in [0, 0.05) is 24.0 Å². The molecular formula is C14H15N3O3. The van der Waals surface area contributed by atoms with Crippen LogP contribution in [0.2, 0.25) is 0 Å². The summed E-state index contributed by atoms with van der Waals surface area (Å²) in [6.45, 7) is 2.40. The lowest BCUT2D eigenvalue weighted by atomic mass is 10.2. The Morgan fingerprint density at radius 1 is 1.35 bits per heavy atom. The van der Waals surface area contributed by atoms with Gasteiger partial charge in [0.1, 0.15) is 6.07 Å². The van der Waals surface area contributed by atoms with Crippen LogP contribution in [-0.4, -0.2) is 25.5 Å². The maximum absolute atomic E-state index is 11.5. The van der Waals surface area contributed by atoms with E-state index in [4.69, 9.17) is 5.26 Å². The van der Waals surface area contributed by atoms with E-state index in [1.54, 1.807) is 30.3 Å². The van der Waals surface area contributed by atoms with Crippen molar-refractivity contribution in [1.82, 2.24) is 5.32 Å². The summed E-state index contributed by atoms with van der Waals surface area (Å²) in [7, 11) is 1.20. The third kappa shape index (κ3) is 4.14. The molecule has 0 aromatic heterocycles. The number of ether oxygens (including phenoxy) is 1. The minimum Gasteiger partial charge on any atom is -0.465 e. The lowest BCUT2D eigenvalue weighted by Crippen LogP contribution is -2.22. The Kier molecular flexibility index (Phi) is 5.78. The third-order valence-electron chi connectivity index (χ3n) is 2.39. The van der Waals surface area contributed by atoms with Crippen LogP contribution in [0.5, 0.6) is 0 Å². The van der Waals surface area contributed by atoms with Crippen LogP contribution < -0.4 is 10.6 Å². The second-order valence-electron chi connectivity index (χ2n) is 3.74. The number of carbonyl (C=O) groups is 2. The van der Waals surface area contributed by atoms with Gasteiger partial charge in [-0.25, -0.2) is 4.79 Å². The fourth-order valence-electron chi connectivity index (χ4n) is 1.38. The van der Waals surface area contributed by atoms with Crippen molar-refractivity contribution in [2.24, 2.45) is 0 Å². The summed E-state index contributed by atoms with van der Waals surface area (Å²) in [4.78, 5) is 22.7. The van der Waals surface area contributed by atoms with Gasteiger partial charge >= 0.3 is 5.97 Å². The molecule has 0 radical (unpaired) electrons. The van der Waals surface area contributed by atoms with E-state index in [0.717, 1.165) is 0 Å². The maximum atomic E-state index is 11.5. The predicted molar refractivity (Wildman–Crippen MR) is 73.8 cm³/mol. The molecule has 0 atom stereocenters. The lowest BCUT2D eigenvalue weighted by molar-refractivity contribution is -0.135. The van der Waals surface area contributed by atoms with Gasteiger partial charge in [-0.3, -0.25) is 4.79 Å². The fourth-order valence-corrected chi connectivity index (χ4v) is 1.38. The normalized spacial score (nSPS) is 10.3. The van der Waals surface area contributed by atoms with Crippen molar-refractivity contribution in [3.05, 3.63) is 41.6 Å². The van der Waals surface area contributed by atoms with Crippen LogP contribution in [0.3, 0.4) is 0 Å². The van der Waals surface area contributed by atoms with Gasteiger partial charge in [0.2, 0.25) is 0 Å². The number of esters is 1. The average molecular weight is 273 g/mol. The average Bonchev–Trinajstić information content (AvgIpc) is 2.48. The highest BCUT2D eigenvalue weighted by molar-refractivity contribution is 5.94. The van der Waals surface area contributed by atoms with E-state index in [-0.39, 0.29) is 11.5 Å². The van der Waals surface area contributed by atoms with Crippen LogP contribution in [0.4, 0.5) is 5.69 Å². The number of methoxy groups -OCH3 is 1. The molecule has 1 rings (SSSR count). The van der Waals surface area contributed by atoms with E-state index in [0.29, 0.717) is 17.8 Å². The first-order chi connectivity index (χ1) is 9.62. The van der Waals surface area contributed by atoms with Crippen molar-refractivity contribution in [2.45, 2.75) is 6.92 Å². The molecule has 20 heavy (non-hydrogen) atoms. The van der Waals surface area contributed by atoms with Gasteiger partial charge in [0.05, 0.1) is 7.11 Å². The zero-order valence-electron chi connectivity index (χ0n) is 11.3. The summed E-state index contributed by atoms with van der Waals surface area (Å²) >= 11 is 0. The summed E-state index contributed by atoms with van der Waals surface area (Å²) in [6, 6.07) is 8.37. The Hall–Kier alpha value is -2.81. The summed E-state index contributed by atoms with van der Waals surface area (Å²) in [5, 5.41) is 14.2. The molecule has 0 fully saturated rings. The van der Waals surface area contributed by atoms with Crippen LogP contribution >= 0.6 is 0 Å². The van der Waals surface area contributed by atoms with Gasteiger partial charge in [0.15, 0.2) is 5.57 Å². The molecule has 0 unspecified atom stereocenters. The van der Waals surface area contributed by atoms with Gasteiger partial charge in [-0.1, -0.05) is 0 Å². The molecule has 0 aliphatic rings. The Morgan fingerprint density at radius 2 is 2.00 bits per heavy atom. The number of nitrogens with zero attached hydrogens (tertiary/aromatic N) is 1. The zero-order valence-corrected chi connectivity index (χ0v) is 11.3. The number of rotatable bonds is 5. The molecule has 0 saturated heterocycles. The SMILES string of the molecule is CCNC(=O)c1ccc(N/C=C(\C#N)C(=O)OC)cc1. The third-order valence-corrected chi connectivity index (χ3v) is 2.39. The topological polar surface area (TPSA) is 91.2 Å². The Labute approximate surface area is 117 Å². The fraction of sp³-hybridized carbons (Fsp3) is 0.214. The van der Waals surface area contributed by atoms with Crippen LogP contribution in [-0.2, 0) is 9.53 Å². The number of amides is 1. The van der Waals surface area contributed by atoms with Crippen LogP contribution in [0.15, 0.2) is 36.0 Å². The van der Waals surface area contributed by atoms with E-state index in [1.165, 1.54) is 13.3 Å². The molecule has 1 aromatic rings. The molecule has 1 aromatic carbocycles. The molecule has 2 N–H and O–H groups in total. The molecular weight excluding hydrogens is 258 g/mol.